The fourth-order valence-corrected chi connectivity index (χ4v) is 5.49. The van der Waals surface area contributed by atoms with Gasteiger partial charge in [0.2, 0.25) is 18.6 Å². The van der Waals surface area contributed by atoms with Crippen LogP contribution in [0.2, 0.25) is 5.02 Å². The van der Waals surface area contributed by atoms with Crippen molar-refractivity contribution in [2.24, 2.45) is 0 Å². The first kappa shape index (κ1) is 29.5. The predicted molar refractivity (Wildman–Crippen MR) is 165 cm³/mol. The van der Waals surface area contributed by atoms with Crippen LogP contribution in [0.15, 0.2) is 88.3 Å². The Hall–Kier alpha value is -4.60. The van der Waals surface area contributed by atoms with Crippen molar-refractivity contribution in [2.75, 3.05) is 26.5 Å². The molecule has 0 radical (unpaired) electrons. The van der Waals surface area contributed by atoms with E-state index in [0.29, 0.717) is 34.1 Å². The third kappa shape index (κ3) is 6.96. The standard InChI is InChI=1S/C34H31ClN2O7/c35-26-10-12-29-28(16-26)34(40)25(21-42-29)18-36(17-24-8-11-30-31(15-24)44-22-43-30)33(39)20-37(19-27-7-4-14-41-27)32(38)13-9-23-5-2-1-3-6-23/h1-3,5-6,8-13,15-16,21,27H,4,7,14,17-20,22H2. The third-order valence-electron chi connectivity index (χ3n) is 7.63. The first-order valence-corrected chi connectivity index (χ1v) is 14.8. The Morgan fingerprint density at radius 1 is 0.955 bits per heavy atom. The highest BCUT2D eigenvalue weighted by molar-refractivity contribution is 6.31. The highest BCUT2D eigenvalue weighted by atomic mass is 35.5. The minimum Gasteiger partial charge on any atom is -0.464 e. The molecule has 0 bridgehead atoms. The molecule has 3 aromatic carbocycles. The van der Waals surface area contributed by atoms with E-state index in [0.717, 1.165) is 24.0 Å². The van der Waals surface area contributed by atoms with E-state index in [1.54, 1.807) is 30.3 Å². The maximum Gasteiger partial charge on any atom is 0.247 e. The summed E-state index contributed by atoms with van der Waals surface area (Å²) in [5, 5.41) is 0.730. The van der Waals surface area contributed by atoms with Crippen LogP contribution in [0.25, 0.3) is 17.0 Å². The Labute approximate surface area is 259 Å². The van der Waals surface area contributed by atoms with Gasteiger partial charge >= 0.3 is 0 Å². The Balaban J connectivity index is 1.28. The molecule has 0 spiro atoms. The monoisotopic (exact) mass is 614 g/mol. The molecule has 6 rings (SSSR count). The van der Waals surface area contributed by atoms with Crippen molar-refractivity contribution >= 4 is 40.5 Å². The average molecular weight is 615 g/mol. The van der Waals surface area contributed by atoms with Crippen LogP contribution in [0.3, 0.4) is 0 Å². The van der Waals surface area contributed by atoms with Gasteiger partial charge in [-0.1, -0.05) is 48.0 Å². The summed E-state index contributed by atoms with van der Waals surface area (Å²) in [5.74, 6) is 0.557. The van der Waals surface area contributed by atoms with Crippen molar-refractivity contribution in [3.8, 4) is 11.5 Å². The molecule has 2 aliphatic heterocycles. The molecule has 9 nitrogen and oxygen atoms in total. The SMILES string of the molecule is O=C(C=Cc1ccccc1)N(CC(=O)N(Cc1ccc2c(c1)OCO2)Cc1coc2ccc(Cl)cc2c1=O)CC1CCCO1. The number of ether oxygens (including phenoxy) is 3. The number of halogens is 1. The van der Waals surface area contributed by atoms with Gasteiger partial charge < -0.3 is 28.4 Å². The van der Waals surface area contributed by atoms with Crippen LogP contribution >= 0.6 is 11.6 Å². The summed E-state index contributed by atoms with van der Waals surface area (Å²) in [6.45, 7) is 0.937. The van der Waals surface area contributed by atoms with E-state index in [9.17, 15) is 14.4 Å². The van der Waals surface area contributed by atoms with E-state index in [1.807, 2.05) is 42.5 Å². The molecule has 10 heteroatoms. The normalized spacial score (nSPS) is 15.6. The van der Waals surface area contributed by atoms with Crippen LogP contribution in [0, 0.1) is 0 Å². The first-order chi connectivity index (χ1) is 21.4. The molecule has 1 atom stereocenters. The summed E-state index contributed by atoms with van der Waals surface area (Å²) in [7, 11) is 0. The molecule has 4 aromatic rings. The lowest BCUT2D eigenvalue weighted by molar-refractivity contribution is -0.140. The fraction of sp³-hybridized carbons (Fsp3) is 0.265. The summed E-state index contributed by atoms with van der Waals surface area (Å²) in [5.41, 5.74) is 2.05. The summed E-state index contributed by atoms with van der Waals surface area (Å²) < 4.78 is 22.5. The maximum absolute atomic E-state index is 14.0. The van der Waals surface area contributed by atoms with E-state index in [1.165, 1.54) is 22.1 Å². The van der Waals surface area contributed by atoms with Crippen molar-refractivity contribution in [3.63, 3.8) is 0 Å². The summed E-state index contributed by atoms with van der Waals surface area (Å²) in [6.07, 6.45) is 6.13. The second-order valence-electron chi connectivity index (χ2n) is 10.8. The smallest absolute Gasteiger partial charge is 0.247 e. The van der Waals surface area contributed by atoms with Crippen LogP contribution < -0.4 is 14.9 Å². The summed E-state index contributed by atoms with van der Waals surface area (Å²) >= 11 is 6.15. The second-order valence-corrected chi connectivity index (χ2v) is 11.2. The Morgan fingerprint density at radius 2 is 1.80 bits per heavy atom. The van der Waals surface area contributed by atoms with E-state index in [2.05, 4.69) is 0 Å². The second kappa shape index (κ2) is 13.4. The van der Waals surface area contributed by atoms with Gasteiger partial charge in [-0.3, -0.25) is 14.4 Å². The van der Waals surface area contributed by atoms with Gasteiger partial charge in [0.25, 0.3) is 0 Å². The summed E-state index contributed by atoms with van der Waals surface area (Å²) in [4.78, 5) is 44.0. The van der Waals surface area contributed by atoms with Gasteiger partial charge in [-0.15, -0.1) is 0 Å². The largest absolute Gasteiger partial charge is 0.464 e. The van der Waals surface area contributed by atoms with Crippen LogP contribution in [0.5, 0.6) is 11.5 Å². The lowest BCUT2D eigenvalue weighted by atomic mass is 10.1. The minimum atomic E-state index is -0.340. The number of rotatable bonds is 10. The van der Waals surface area contributed by atoms with Crippen molar-refractivity contribution in [1.29, 1.82) is 0 Å². The minimum absolute atomic E-state index is 0.0418. The Bertz CT molecular complexity index is 1750. The number of hydrogen-bond acceptors (Lipinski definition) is 7. The molecule has 1 unspecified atom stereocenters. The topological polar surface area (TPSA) is 98.5 Å². The van der Waals surface area contributed by atoms with Crippen LogP contribution in [-0.2, 0) is 27.4 Å². The first-order valence-electron chi connectivity index (χ1n) is 14.4. The predicted octanol–water partition coefficient (Wildman–Crippen LogP) is 5.42. The molecule has 3 heterocycles. The van der Waals surface area contributed by atoms with E-state index >= 15 is 0 Å². The number of amides is 2. The quantitative estimate of drug-likeness (QED) is 0.220. The Morgan fingerprint density at radius 3 is 2.61 bits per heavy atom. The molecule has 1 aromatic heterocycles. The molecule has 44 heavy (non-hydrogen) atoms. The number of carbonyl (C=O) groups excluding carboxylic acids is 2. The zero-order chi connectivity index (χ0) is 30.5. The van der Waals surface area contributed by atoms with Gasteiger partial charge in [0.1, 0.15) is 12.1 Å². The molecular formula is C34H31ClN2O7. The number of nitrogens with zero attached hydrogens (tertiary/aromatic N) is 2. The molecule has 2 aliphatic rings. The number of benzene rings is 3. The van der Waals surface area contributed by atoms with E-state index < -0.39 is 0 Å². The molecule has 0 aliphatic carbocycles. The van der Waals surface area contributed by atoms with Crippen molar-refractivity contribution in [3.05, 3.63) is 111 Å². The van der Waals surface area contributed by atoms with Crippen LogP contribution in [0.1, 0.15) is 29.5 Å². The number of fused-ring (bicyclic) bond motifs is 2. The molecule has 0 N–H and O–H groups in total. The van der Waals surface area contributed by atoms with Gasteiger partial charge in [0.05, 0.1) is 29.9 Å². The van der Waals surface area contributed by atoms with Gasteiger partial charge in [-0.2, -0.15) is 0 Å². The number of hydrogen-bond donors (Lipinski definition) is 0. The van der Waals surface area contributed by atoms with Crippen molar-refractivity contribution in [1.82, 2.24) is 9.80 Å². The van der Waals surface area contributed by atoms with Crippen LogP contribution in [-0.4, -0.2) is 54.2 Å². The number of carbonyl (C=O) groups is 2. The van der Waals surface area contributed by atoms with Crippen molar-refractivity contribution < 1.29 is 28.2 Å². The molecule has 1 fully saturated rings. The van der Waals surface area contributed by atoms with E-state index in [4.69, 9.17) is 30.2 Å². The van der Waals surface area contributed by atoms with Gasteiger partial charge in [0.15, 0.2) is 16.9 Å². The van der Waals surface area contributed by atoms with Gasteiger partial charge in [0, 0.05) is 30.8 Å². The molecule has 2 amide bonds. The lowest BCUT2D eigenvalue weighted by Crippen LogP contribution is -2.45. The van der Waals surface area contributed by atoms with Crippen LogP contribution in [0.4, 0.5) is 0 Å². The van der Waals surface area contributed by atoms with Gasteiger partial charge in [-0.25, -0.2) is 0 Å². The highest BCUT2D eigenvalue weighted by Gasteiger charge is 2.27. The third-order valence-corrected chi connectivity index (χ3v) is 7.87. The molecule has 1 saturated heterocycles. The molecular weight excluding hydrogens is 584 g/mol. The highest BCUT2D eigenvalue weighted by Crippen LogP contribution is 2.33. The molecule has 226 valence electrons. The Kier molecular flexibility index (Phi) is 8.95. The summed E-state index contributed by atoms with van der Waals surface area (Å²) in [6, 6.07) is 19.8. The molecule has 0 saturated carbocycles. The zero-order valence-electron chi connectivity index (χ0n) is 23.9. The lowest BCUT2D eigenvalue weighted by Gasteiger charge is -2.28. The van der Waals surface area contributed by atoms with Crippen molar-refractivity contribution in [2.45, 2.75) is 32.0 Å². The average Bonchev–Trinajstić information content (AvgIpc) is 3.73. The fourth-order valence-electron chi connectivity index (χ4n) is 5.32. The van der Waals surface area contributed by atoms with Gasteiger partial charge in [-0.05, 0) is 60.4 Å². The van der Waals surface area contributed by atoms with E-state index in [-0.39, 0.29) is 61.9 Å². The zero-order valence-corrected chi connectivity index (χ0v) is 24.7. The maximum atomic E-state index is 14.0.